The lowest BCUT2D eigenvalue weighted by Gasteiger charge is -2.62. The van der Waals surface area contributed by atoms with Crippen molar-refractivity contribution in [1.82, 2.24) is 5.32 Å². The fraction of sp³-hybridized carbons (Fsp3) is 0.684. The molecule has 2 aliphatic carbocycles. The first kappa shape index (κ1) is 15.1. The van der Waals surface area contributed by atoms with Crippen LogP contribution in [0.4, 0.5) is 0 Å². The minimum absolute atomic E-state index is 0.442. The minimum atomic E-state index is 0.442. The monoisotopic (exact) mass is 287 g/mol. The molecule has 3 unspecified atom stereocenters. The van der Waals surface area contributed by atoms with E-state index in [9.17, 15) is 0 Å². The molecule has 1 spiro atoms. The van der Waals surface area contributed by atoms with Crippen molar-refractivity contribution in [2.45, 2.75) is 64.6 Å². The molecule has 1 N–H and O–H groups in total. The summed E-state index contributed by atoms with van der Waals surface area (Å²) in [5, 5.41) is 3.97. The van der Waals surface area contributed by atoms with Gasteiger partial charge >= 0.3 is 0 Å². The molecule has 0 heterocycles. The number of hydrogen-bond acceptors (Lipinski definition) is 2. The first-order valence-electron chi connectivity index (χ1n) is 8.60. The molecule has 0 bridgehead atoms. The van der Waals surface area contributed by atoms with E-state index in [1.165, 1.54) is 31.2 Å². The van der Waals surface area contributed by atoms with Crippen molar-refractivity contribution >= 4 is 0 Å². The van der Waals surface area contributed by atoms with Gasteiger partial charge in [-0.15, -0.1) is 0 Å². The van der Waals surface area contributed by atoms with Crippen LogP contribution in [0, 0.1) is 11.3 Å². The number of rotatable bonds is 6. The Hall–Kier alpha value is -0.860. The molecule has 0 amide bonds. The maximum atomic E-state index is 5.97. The third-order valence-electron chi connectivity index (χ3n) is 5.64. The van der Waals surface area contributed by atoms with Crippen LogP contribution in [0.2, 0.25) is 0 Å². The molecule has 2 saturated carbocycles. The SMILES string of the molecule is CCOC1CC(NC(c2ccccc2)C(C)C)C12CCC2. The first-order valence-corrected chi connectivity index (χ1v) is 8.60. The second-order valence-electron chi connectivity index (χ2n) is 7.12. The van der Waals surface area contributed by atoms with E-state index in [-0.39, 0.29) is 0 Å². The molecule has 2 heteroatoms. The van der Waals surface area contributed by atoms with Crippen molar-refractivity contribution in [3.05, 3.63) is 35.9 Å². The Kier molecular flexibility index (Phi) is 4.37. The maximum absolute atomic E-state index is 5.97. The Balaban J connectivity index is 1.70. The van der Waals surface area contributed by atoms with Crippen molar-refractivity contribution in [1.29, 1.82) is 0 Å². The minimum Gasteiger partial charge on any atom is -0.378 e. The van der Waals surface area contributed by atoms with E-state index in [0.717, 1.165) is 6.61 Å². The number of benzene rings is 1. The molecule has 3 atom stereocenters. The fourth-order valence-electron chi connectivity index (χ4n) is 4.22. The van der Waals surface area contributed by atoms with E-state index in [4.69, 9.17) is 4.74 Å². The van der Waals surface area contributed by atoms with Gasteiger partial charge in [-0.2, -0.15) is 0 Å². The van der Waals surface area contributed by atoms with Gasteiger partial charge in [-0.25, -0.2) is 0 Å². The average Bonchev–Trinajstić information content (AvgIpc) is 2.40. The Morgan fingerprint density at radius 1 is 1.24 bits per heavy atom. The standard InChI is InChI=1S/C19H29NO/c1-4-21-17-13-16(19(17)11-8-12-19)20-18(14(2)3)15-9-6-5-7-10-15/h5-7,9-10,14,16-18,20H,4,8,11-13H2,1-3H3. The summed E-state index contributed by atoms with van der Waals surface area (Å²) in [7, 11) is 0. The summed E-state index contributed by atoms with van der Waals surface area (Å²) in [5.41, 5.74) is 1.86. The van der Waals surface area contributed by atoms with Crippen molar-refractivity contribution in [3.8, 4) is 0 Å². The molecule has 1 aromatic carbocycles. The third kappa shape index (κ3) is 2.64. The molecule has 21 heavy (non-hydrogen) atoms. The predicted octanol–water partition coefficient (Wildman–Crippen LogP) is 4.32. The topological polar surface area (TPSA) is 21.3 Å². The van der Waals surface area contributed by atoms with Crippen LogP contribution in [0.1, 0.15) is 58.1 Å². The summed E-state index contributed by atoms with van der Waals surface area (Å²) < 4.78 is 5.97. The van der Waals surface area contributed by atoms with E-state index in [2.05, 4.69) is 56.4 Å². The van der Waals surface area contributed by atoms with Crippen LogP contribution in [-0.2, 0) is 4.74 Å². The van der Waals surface area contributed by atoms with Gasteiger partial charge in [0.25, 0.3) is 0 Å². The summed E-state index contributed by atoms with van der Waals surface area (Å²) in [6.07, 6.45) is 5.74. The molecular weight excluding hydrogens is 258 g/mol. The van der Waals surface area contributed by atoms with Crippen molar-refractivity contribution in [2.75, 3.05) is 6.61 Å². The summed E-state index contributed by atoms with van der Waals surface area (Å²) in [6, 6.07) is 12.0. The van der Waals surface area contributed by atoms with Crippen molar-refractivity contribution in [2.24, 2.45) is 11.3 Å². The largest absolute Gasteiger partial charge is 0.378 e. The molecule has 116 valence electrons. The van der Waals surface area contributed by atoms with Crippen LogP contribution < -0.4 is 5.32 Å². The molecule has 2 aliphatic rings. The zero-order valence-corrected chi connectivity index (χ0v) is 13.6. The second-order valence-corrected chi connectivity index (χ2v) is 7.12. The van der Waals surface area contributed by atoms with Gasteiger partial charge in [-0.05, 0) is 37.7 Å². The summed E-state index contributed by atoms with van der Waals surface area (Å²) in [5.74, 6) is 0.607. The Labute approximate surface area is 129 Å². The van der Waals surface area contributed by atoms with Crippen molar-refractivity contribution in [3.63, 3.8) is 0 Å². The van der Waals surface area contributed by atoms with Crippen LogP contribution in [0.5, 0.6) is 0 Å². The fourth-order valence-corrected chi connectivity index (χ4v) is 4.22. The van der Waals surface area contributed by atoms with Gasteiger partial charge < -0.3 is 10.1 Å². The van der Waals surface area contributed by atoms with E-state index in [1.54, 1.807) is 0 Å². The highest BCUT2D eigenvalue weighted by atomic mass is 16.5. The molecule has 3 rings (SSSR count). The summed E-state index contributed by atoms with van der Waals surface area (Å²) in [6.45, 7) is 7.60. The Morgan fingerprint density at radius 3 is 2.48 bits per heavy atom. The maximum Gasteiger partial charge on any atom is 0.0661 e. The van der Waals surface area contributed by atoms with Gasteiger partial charge in [0.1, 0.15) is 0 Å². The van der Waals surface area contributed by atoms with Crippen LogP contribution in [0.25, 0.3) is 0 Å². The highest BCUT2D eigenvalue weighted by molar-refractivity contribution is 5.21. The van der Waals surface area contributed by atoms with E-state index in [0.29, 0.717) is 29.5 Å². The zero-order valence-electron chi connectivity index (χ0n) is 13.6. The van der Waals surface area contributed by atoms with Crippen LogP contribution in [-0.4, -0.2) is 18.8 Å². The number of nitrogens with one attached hydrogen (secondary N) is 1. The molecule has 0 radical (unpaired) electrons. The Bertz CT molecular complexity index is 452. The van der Waals surface area contributed by atoms with Crippen LogP contribution in [0.3, 0.4) is 0 Å². The lowest BCUT2D eigenvalue weighted by Crippen LogP contribution is -2.67. The normalized spacial score (nSPS) is 28.2. The smallest absolute Gasteiger partial charge is 0.0661 e. The zero-order chi connectivity index (χ0) is 14.9. The van der Waals surface area contributed by atoms with Gasteiger partial charge in [0.2, 0.25) is 0 Å². The predicted molar refractivity (Wildman–Crippen MR) is 87.3 cm³/mol. The number of ether oxygens (including phenoxy) is 1. The van der Waals surface area contributed by atoms with Gasteiger partial charge in [-0.3, -0.25) is 0 Å². The van der Waals surface area contributed by atoms with Gasteiger partial charge in [0.15, 0.2) is 0 Å². The Morgan fingerprint density at radius 2 is 1.95 bits per heavy atom. The highest BCUT2D eigenvalue weighted by Crippen LogP contribution is 2.57. The van der Waals surface area contributed by atoms with E-state index in [1.807, 2.05) is 0 Å². The van der Waals surface area contributed by atoms with Crippen LogP contribution >= 0.6 is 0 Å². The summed E-state index contributed by atoms with van der Waals surface area (Å²) >= 11 is 0. The molecule has 2 fully saturated rings. The number of hydrogen-bond donors (Lipinski definition) is 1. The van der Waals surface area contributed by atoms with Gasteiger partial charge in [0, 0.05) is 24.1 Å². The van der Waals surface area contributed by atoms with Gasteiger partial charge in [0.05, 0.1) is 6.10 Å². The van der Waals surface area contributed by atoms with Gasteiger partial charge in [-0.1, -0.05) is 50.6 Å². The average molecular weight is 287 g/mol. The lowest BCUT2D eigenvalue weighted by molar-refractivity contribution is -0.175. The lowest BCUT2D eigenvalue weighted by atomic mass is 9.50. The molecule has 0 saturated heterocycles. The molecule has 0 aromatic heterocycles. The van der Waals surface area contributed by atoms with E-state index >= 15 is 0 Å². The van der Waals surface area contributed by atoms with E-state index < -0.39 is 0 Å². The molecular formula is C19H29NO. The van der Waals surface area contributed by atoms with Crippen LogP contribution in [0.15, 0.2) is 30.3 Å². The highest BCUT2D eigenvalue weighted by Gasteiger charge is 2.59. The first-order chi connectivity index (χ1) is 10.2. The molecule has 1 aromatic rings. The quantitative estimate of drug-likeness (QED) is 0.841. The van der Waals surface area contributed by atoms with Crippen molar-refractivity contribution < 1.29 is 4.74 Å². The third-order valence-corrected chi connectivity index (χ3v) is 5.64. The summed E-state index contributed by atoms with van der Waals surface area (Å²) in [4.78, 5) is 0. The molecule has 2 nitrogen and oxygen atoms in total. The second kappa shape index (κ2) is 6.10. The molecule has 0 aliphatic heterocycles.